The molecule has 46 heavy (non-hydrogen) atoms. The van der Waals surface area contributed by atoms with Gasteiger partial charge in [-0.1, -0.05) is 170 Å². The lowest BCUT2D eigenvalue weighted by Crippen LogP contribution is -1.83. The van der Waals surface area contributed by atoms with Gasteiger partial charge >= 0.3 is 0 Å². The molecular weight excluding hydrogens is 553 g/mol. The molecule has 0 amide bonds. The van der Waals surface area contributed by atoms with Crippen molar-refractivity contribution in [3.05, 3.63) is 193 Å². The van der Waals surface area contributed by atoms with E-state index in [4.69, 9.17) is 0 Å². The molecule has 216 valence electrons. The highest BCUT2D eigenvalue weighted by molar-refractivity contribution is 5.92. The number of rotatable bonds is 6. The second kappa shape index (κ2) is 12.2. The molecule has 0 aromatic heterocycles. The van der Waals surface area contributed by atoms with Crippen molar-refractivity contribution in [2.75, 3.05) is 0 Å². The van der Waals surface area contributed by atoms with Crippen LogP contribution in [-0.4, -0.2) is 0 Å². The van der Waals surface area contributed by atoms with Crippen LogP contribution in [0, 0.1) is 0 Å². The van der Waals surface area contributed by atoms with Gasteiger partial charge in [-0.15, -0.1) is 0 Å². The Balaban J connectivity index is 0.979. The van der Waals surface area contributed by atoms with Crippen LogP contribution in [0.5, 0.6) is 0 Å². The van der Waals surface area contributed by atoms with Gasteiger partial charge in [-0.3, -0.25) is 0 Å². The standard InChI is InChI=1S/C46H32/c1-3-7-35(8-4-1)37-17-21-39(22-18-37)43-27-25-41-29-33(13-15-45(41)31-43)11-12-34-14-16-46-32-44(28-26-42(46)30-34)40-23-19-38(20-24-40)36-9-5-2-6-10-36/h1-32H. The number of hydrogen-bond donors (Lipinski definition) is 0. The second-order valence-electron chi connectivity index (χ2n) is 11.9. The normalized spacial score (nSPS) is 11.4. The van der Waals surface area contributed by atoms with Crippen molar-refractivity contribution in [3.63, 3.8) is 0 Å². The highest BCUT2D eigenvalue weighted by Gasteiger charge is 2.05. The lowest BCUT2D eigenvalue weighted by molar-refractivity contribution is 1.60. The quantitative estimate of drug-likeness (QED) is 0.171. The minimum absolute atomic E-state index is 1.20. The molecule has 0 aliphatic carbocycles. The van der Waals surface area contributed by atoms with E-state index >= 15 is 0 Å². The molecule has 0 aliphatic heterocycles. The first-order valence-corrected chi connectivity index (χ1v) is 15.8. The van der Waals surface area contributed by atoms with Gasteiger partial charge in [0.05, 0.1) is 0 Å². The topological polar surface area (TPSA) is 0 Å². The lowest BCUT2D eigenvalue weighted by atomic mass is 9.97. The first-order chi connectivity index (χ1) is 22.7. The molecule has 0 nitrogen and oxygen atoms in total. The third-order valence-corrected chi connectivity index (χ3v) is 8.85. The highest BCUT2D eigenvalue weighted by atomic mass is 14.1. The smallest absolute Gasteiger partial charge is 0.0177 e. The summed E-state index contributed by atoms with van der Waals surface area (Å²) in [5, 5.41) is 4.99. The van der Waals surface area contributed by atoms with Crippen molar-refractivity contribution >= 4 is 33.7 Å². The van der Waals surface area contributed by atoms with Crippen LogP contribution in [-0.2, 0) is 0 Å². The molecule has 0 spiro atoms. The summed E-state index contributed by atoms with van der Waals surface area (Å²) in [6.07, 6.45) is 4.42. The summed E-state index contributed by atoms with van der Waals surface area (Å²) in [4.78, 5) is 0. The molecule has 8 aromatic carbocycles. The van der Waals surface area contributed by atoms with Crippen LogP contribution < -0.4 is 0 Å². The summed E-state index contributed by atoms with van der Waals surface area (Å²) in [5.74, 6) is 0. The zero-order chi connectivity index (χ0) is 30.7. The average Bonchev–Trinajstić information content (AvgIpc) is 3.14. The van der Waals surface area contributed by atoms with E-state index in [1.54, 1.807) is 0 Å². The first kappa shape index (κ1) is 27.6. The van der Waals surface area contributed by atoms with E-state index < -0.39 is 0 Å². The Hall–Kier alpha value is -5.98. The molecule has 0 heterocycles. The van der Waals surface area contributed by atoms with E-state index in [9.17, 15) is 0 Å². The predicted molar refractivity (Wildman–Crippen MR) is 199 cm³/mol. The van der Waals surface area contributed by atoms with Crippen LogP contribution in [0.15, 0.2) is 182 Å². The van der Waals surface area contributed by atoms with Gasteiger partial charge in [0.25, 0.3) is 0 Å². The summed E-state index contributed by atoms with van der Waals surface area (Å²) in [6, 6.07) is 65.6. The summed E-state index contributed by atoms with van der Waals surface area (Å²) >= 11 is 0. The zero-order valence-corrected chi connectivity index (χ0v) is 25.5. The zero-order valence-electron chi connectivity index (χ0n) is 25.5. The molecule has 8 rings (SSSR count). The maximum atomic E-state index is 2.29. The molecule has 0 atom stereocenters. The van der Waals surface area contributed by atoms with Gasteiger partial charge in [-0.2, -0.15) is 0 Å². The molecule has 0 unspecified atom stereocenters. The molecule has 0 saturated carbocycles. The molecule has 0 saturated heterocycles. The highest BCUT2D eigenvalue weighted by Crippen LogP contribution is 2.30. The first-order valence-electron chi connectivity index (χ1n) is 15.8. The molecule has 8 aromatic rings. The monoisotopic (exact) mass is 584 g/mol. The Morgan fingerprint density at radius 3 is 0.891 bits per heavy atom. The fourth-order valence-electron chi connectivity index (χ4n) is 6.26. The van der Waals surface area contributed by atoms with Gasteiger partial charge in [0.1, 0.15) is 0 Å². The van der Waals surface area contributed by atoms with Crippen molar-refractivity contribution in [1.82, 2.24) is 0 Å². The lowest BCUT2D eigenvalue weighted by Gasteiger charge is -2.08. The van der Waals surface area contributed by atoms with Gasteiger partial charge in [0.15, 0.2) is 0 Å². The Morgan fingerprint density at radius 2 is 0.500 bits per heavy atom. The summed E-state index contributed by atoms with van der Waals surface area (Å²) in [6.45, 7) is 0. The number of hydrogen-bond acceptors (Lipinski definition) is 0. The van der Waals surface area contributed by atoms with Crippen LogP contribution in [0.1, 0.15) is 11.1 Å². The Kier molecular flexibility index (Phi) is 7.30. The van der Waals surface area contributed by atoms with Crippen LogP contribution >= 0.6 is 0 Å². The molecule has 0 bridgehead atoms. The Bertz CT molecular complexity index is 2140. The van der Waals surface area contributed by atoms with Crippen molar-refractivity contribution < 1.29 is 0 Å². The number of benzene rings is 8. The molecule has 0 fully saturated rings. The molecule has 0 radical (unpaired) electrons. The van der Waals surface area contributed by atoms with Crippen LogP contribution in [0.4, 0.5) is 0 Å². The largest absolute Gasteiger partial charge is 0.0622 e. The predicted octanol–water partition coefficient (Wildman–Crippen LogP) is 12.8. The van der Waals surface area contributed by atoms with E-state index in [1.807, 2.05) is 0 Å². The minimum atomic E-state index is 1.20. The van der Waals surface area contributed by atoms with Gasteiger partial charge in [0, 0.05) is 0 Å². The van der Waals surface area contributed by atoms with E-state index in [2.05, 4.69) is 194 Å². The van der Waals surface area contributed by atoms with Crippen LogP contribution in [0.25, 0.3) is 78.2 Å². The summed E-state index contributed by atoms with van der Waals surface area (Å²) in [7, 11) is 0. The van der Waals surface area contributed by atoms with Crippen molar-refractivity contribution in [3.8, 4) is 44.5 Å². The van der Waals surface area contributed by atoms with Gasteiger partial charge in [-0.05, 0) is 101 Å². The molecule has 0 N–H and O–H groups in total. The van der Waals surface area contributed by atoms with Gasteiger partial charge < -0.3 is 0 Å². The van der Waals surface area contributed by atoms with E-state index in [-0.39, 0.29) is 0 Å². The van der Waals surface area contributed by atoms with Crippen molar-refractivity contribution in [1.29, 1.82) is 0 Å². The average molecular weight is 585 g/mol. The fraction of sp³-hybridized carbons (Fsp3) is 0. The number of fused-ring (bicyclic) bond motifs is 2. The molecule has 0 aliphatic rings. The second-order valence-corrected chi connectivity index (χ2v) is 11.9. The van der Waals surface area contributed by atoms with Crippen molar-refractivity contribution in [2.45, 2.75) is 0 Å². The maximum Gasteiger partial charge on any atom is -0.0177 e. The minimum Gasteiger partial charge on any atom is -0.0622 e. The third kappa shape index (κ3) is 5.77. The summed E-state index contributed by atoms with van der Waals surface area (Å²) < 4.78 is 0. The summed E-state index contributed by atoms with van der Waals surface area (Å²) in [5.41, 5.74) is 12.3. The molecule has 0 heteroatoms. The Morgan fingerprint density at radius 1 is 0.217 bits per heavy atom. The van der Waals surface area contributed by atoms with Crippen LogP contribution in [0.3, 0.4) is 0 Å². The maximum absolute atomic E-state index is 2.29. The fourth-order valence-corrected chi connectivity index (χ4v) is 6.26. The SMILES string of the molecule is C(=Cc1ccc2cc(-c3ccc(-c4ccccc4)cc3)ccc2c1)c1ccc2cc(-c3ccc(-c4ccccc4)cc3)ccc2c1. The van der Waals surface area contributed by atoms with E-state index in [1.165, 1.54) is 77.2 Å². The van der Waals surface area contributed by atoms with Gasteiger partial charge in [-0.25, -0.2) is 0 Å². The van der Waals surface area contributed by atoms with Crippen LogP contribution in [0.2, 0.25) is 0 Å². The molecular formula is C46H32. The van der Waals surface area contributed by atoms with Crippen molar-refractivity contribution in [2.24, 2.45) is 0 Å². The third-order valence-electron chi connectivity index (χ3n) is 8.85. The van der Waals surface area contributed by atoms with E-state index in [0.29, 0.717) is 0 Å². The van der Waals surface area contributed by atoms with E-state index in [0.717, 1.165) is 0 Å². The Labute approximate surface area is 270 Å². The van der Waals surface area contributed by atoms with Gasteiger partial charge in [0.2, 0.25) is 0 Å².